The molecule has 0 aliphatic heterocycles. The Morgan fingerprint density at radius 1 is 0.839 bits per heavy atom. The number of aromatic nitrogens is 2. The third-order valence-electron chi connectivity index (χ3n) is 5.28. The smallest absolute Gasteiger partial charge is 0.340 e. The lowest BCUT2D eigenvalue weighted by Crippen LogP contribution is -2.12. The van der Waals surface area contributed by atoms with E-state index in [9.17, 15) is 13.2 Å². The summed E-state index contributed by atoms with van der Waals surface area (Å²) in [5.74, 6) is 0.569. The highest BCUT2D eigenvalue weighted by Crippen LogP contribution is 2.35. The quantitative estimate of drug-likeness (QED) is 0.406. The number of nitrogens with one attached hydrogen (secondary N) is 2. The fraction of sp³-hybridized carbons (Fsp3) is 0.333. The first-order valence-corrected chi connectivity index (χ1v) is 10.4. The molecule has 0 aliphatic rings. The molecule has 3 rings (SSSR count). The van der Waals surface area contributed by atoms with E-state index in [1.54, 1.807) is 12.1 Å². The first-order chi connectivity index (χ1) is 14.7. The van der Waals surface area contributed by atoms with Crippen molar-refractivity contribution in [1.82, 2.24) is 9.97 Å². The van der Waals surface area contributed by atoms with Crippen LogP contribution in [0.15, 0.2) is 54.7 Å². The molecule has 0 spiro atoms. The van der Waals surface area contributed by atoms with E-state index in [2.05, 4.69) is 48.3 Å². The number of alkyl halides is 3. The number of hydrogen-bond acceptors (Lipinski definition) is 4. The fourth-order valence-corrected chi connectivity index (χ4v) is 3.09. The van der Waals surface area contributed by atoms with E-state index in [0.717, 1.165) is 18.2 Å². The van der Waals surface area contributed by atoms with Crippen molar-refractivity contribution in [3.63, 3.8) is 0 Å². The number of anilines is 4. The van der Waals surface area contributed by atoms with Gasteiger partial charge in [0.05, 0.1) is 0 Å². The van der Waals surface area contributed by atoms with Crippen LogP contribution >= 0.6 is 0 Å². The molecular weight excluding hydrogens is 401 g/mol. The van der Waals surface area contributed by atoms with Gasteiger partial charge in [0.25, 0.3) is 0 Å². The van der Waals surface area contributed by atoms with Gasteiger partial charge >= 0.3 is 6.18 Å². The fourth-order valence-electron chi connectivity index (χ4n) is 3.09. The summed E-state index contributed by atoms with van der Waals surface area (Å²) in [6.45, 7) is 8.39. The maximum Gasteiger partial charge on any atom is 0.421 e. The summed E-state index contributed by atoms with van der Waals surface area (Å²) >= 11 is 0. The second-order valence-corrected chi connectivity index (χ2v) is 7.91. The Bertz CT molecular complexity index is 997. The standard InChI is InChI=1S/C24H27F3N4/c1-5-16(4)18-8-12-19(13-9-18)29-22-21(24(25,26)27)14-28-23(31-22)30-20-10-6-17(7-11-20)15(2)3/h6-16H,5H2,1-4H3,(H2,28,29,30,31). The molecule has 1 heterocycles. The summed E-state index contributed by atoms with van der Waals surface area (Å²) in [6.07, 6.45) is -2.78. The van der Waals surface area contributed by atoms with Gasteiger partial charge in [-0.05, 0) is 53.6 Å². The zero-order valence-electron chi connectivity index (χ0n) is 18.1. The number of nitrogens with zero attached hydrogens (tertiary/aromatic N) is 2. The maximum atomic E-state index is 13.5. The van der Waals surface area contributed by atoms with Gasteiger partial charge in [0.2, 0.25) is 5.95 Å². The Labute approximate surface area is 181 Å². The van der Waals surface area contributed by atoms with Crippen molar-refractivity contribution < 1.29 is 13.2 Å². The summed E-state index contributed by atoms with van der Waals surface area (Å²) in [4.78, 5) is 7.97. The number of benzene rings is 2. The Kier molecular flexibility index (Phi) is 6.83. The first kappa shape index (κ1) is 22.6. The van der Waals surface area contributed by atoms with Gasteiger partial charge < -0.3 is 10.6 Å². The van der Waals surface area contributed by atoms with Crippen LogP contribution in [0.5, 0.6) is 0 Å². The molecule has 7 heteroatoms. The average Bonchev–Trinajstić information content (AvgIpc) is 2.73. The zero-order chi connectivity index (χ0) is 22.6. The van der Waals surface area contributed by atoms with E-state index in [-0.39, 0.29) is 11.8 Å². The summed E-state index contributed by atoms with van der Waals surface area (Å²) in [6, 6.07) is 15.0. The molecule has 0 bridgehead atoms. The average molecular weight is 429 g/mol. The SMILES string of the molecule is CCC(C)c1ccc(Nc2nc(Nc3ccc(C(C)C)cc3)ncc2C(F)(F)F)cc1. The molecule has 4 nitrogen and oxygen atoms in total. The highest BCUT2D eigenvalue weighted by molar-refractivity contribution is 5.63. The van der Waals surface area contributed by atoms with Crippen LogP contribution in [0.4, 0.5) is 36.3 Å². The third-order valence-corrected chi connectivity index (χ3v) is 5.28. The lowest BCUT2D eigenvalue weighted by molar-refractivity contribution is -0.137. The molecule has 0 amide bonds. The predicted octanol–water partition coefficient (Wildman–Crippen LogP) is 7.62. The molecular formula is C24H27F3N4. The molecule has 164 valence electrons. The maximum absolute atomic E-state index is 13.5. The normalized spacial score (nSPS) is 12.6. The van der Waals surface area contributed by atoms with Crippen molar-refractivity contribution in [2.45, 2.75) is 52.1 Å². The number of hydrogen-bond donors (Lipinski definition) is 2. The molecule has 0 saturated carbocycles. The van der Waals surface area contributed by atoms with E-state index >= 15 is 0 Å². The highest BCUT2D eigenvalue weighted by atomic mass is 19.4. The van der Waals surface area contributed by atoms with E-state index in [1.807, 2.05) is 36.4 Å². The lowest BCUT2D eigenvalue weighted by atomic mass is 9.99. The molecule has 0 aliphatic carbocycles. The third kappa shape index (κ3) is 5.75. The highest BCUT2D eigenvalue weighted by Gasteiger charge is 2.35. The van der Waals surface area contributed by atoms with Crippen molar-refractivity contribution >= 4 is 23.1 Å². The van der Waals surface area contributed by atoms with Crippen LogP contribution in [0.1, 0.15) is 62.6 Å². The van der Waals surface area contributed by atoms with Gasteiger partial charge in [-0.3, -0.25) is 0 Å². The minimum absolute atomic E-state index is 0.0871. The van der Waals surface area contributed by atoms with Crippen LogP contribution in [0.3, 0.4) is 0 Å². The Morgan fingerprint density at radius 3 is 1.90 bits per heavy atom. The van der Waals surface area contributed by atoms with Gasteiger partial charge in [0, 0.05) is 17.6 Å². The van der Waals surface area contributed by atoms with Crippen molar-refractivity contribution in [3.05, 3.63) is 71.4 Å². The molecule has 0 saturated heterocycles. The summed E-state index contributed by atoms with van der Waals surface area (Å²) in [7, 11) is 0. The predicted molar refractivity (Wildman–Crippen MR) is 119 cm³/mol. The van der Waals surface area contributed by atoms with E-state index in [0.29, 0.717) is 23.2 Å². The molecule has 2 N–H and O–H groups in total. The molecule has 1 atom stereocenters. The first-order valence-electron chi connectivity index (χ1n) is 10.4. The molecule has 0 fully saturated rings. The van der Waals surface area contributed by atoms with Crippen molar-refractivity contribution in [2.24, 2.45) is 0 Å². The van der Waals surface area contributed by atoms with Crippen molar-refractivity contribution in [3.8, 4) is 0 Å². The van der Waals surface area contributed by atoms with Gasteiger partial charge in [0.15, 0.2) is 0 Å². The van der Waals surface area contributed by atoms with Crippen LogP contribution in [0.25, 0.3) is 0 Å². The Morgan fingerprint density at radius 2 is 1.39 bits per heavy atom. The van der Waals surface area contributed by atoms with Crippen LogP contribution in [-0.4, -0.2) is 9.97 Å². The van der Waals surface area contributed by atoms with Crippen LogP contribution in [-0.2, 0) is 6.18 Å². The molecule has 1 unspecified atom stereocenters. The summed E-state index contributed by atoms with van der Waals surface area (Å²) in [5, 5.41) is 5.78. The molecule has 31 heavy (non-hydrogen) atoms. The van der Waals surface area contributed by atoms with Crippen LogP contribution < -0.4 is 10.6 Å². The van der Waals surface area contributed by atoms with Crippen molar-refractivity contribution in [1.29, 1.82) is 0 Å². The topological polar surface area (TPSA) is 49.8 Å². The second kappa shape index (κ2) is 9.37. The number of halogens is 3. The van der Waals surface area contributed by atoms with E-state index in [1.165, 1.54) is 5.56 Å². The lowest BCUT2D eigenvalue weighted by Gasteiger charge is -2.16. The van der Waals surface area contributed by atoms with E-state index < -0.39 is 11.7 Å². The van der Waals surface area contributed by atoms with Crippen LogP contribution in [0.2, 0.25) is 0 Å². The summed E-state index contributed by atoms with van der Waals surface area (Å²) < 4.78 is 40.5. The largest absolute Gasteiger partial charge is 0.421 e. The van der Waals surface area contributed by atoms with Gasteiger partial charge in [0.1, 0.15) is 11.4 Å². The Balaban J connectivity index is 1.86. The van der Waals surface area contributed by atoms with Crippen LogP contribution in [0, 0.1) is 0 Å². The number of rotatable bonds is 7. The minimum atomic E-state index is -4.57. The van der Waals surface area contributed by atoms with E-state index in [4.69, 9.17) is 0 Å². The molecule has 2 aromatic carbocycles. The Hall–Kier alpha value is -3.09. The van der Waals surface area contributed by atoms with Gasteiger partial charge in [-0.15, -0.1) is 0 Å². The summed E-state index contributed by atoms with van der Waals surface area (Å²) in [5.41, 5.74) is 2.62. The monoisotopic (exact) mass is 428 g/mol. The van der Waals surface area contributed by atoms with Gasteiger partial charge in [-0.25, -0.2) is 4.98 Å². The molecule has 3 aromatic rings. The van der Waals surface area contributed by atoms with Crippen molar-refractivity contribution in [2.75, 3.05) is 10.6 Å². The molecule has 1 aromatic heterocycles. The second-order valence-electron chi connectivity index (χ2n) is 7.91. The van der Waals surface area contributed by atoms with Gasteiger partial charge in [-0.1, -0.05) is 52.0 Å². The molecule has 0 radical (unpaired) electrons. The van der Waals surface area contributed by atoms with Gasteiger partial charge in [-0.2, -0.15) is 18.2 Å². The zero-order valence-corrected chi connectivity index (χ0v) is 18.1. The minimum Gasteiger partial charge on any atom is -0.340 e.